The molecule has 6 heteroatoms. The van der Waals surface area contributed by atoms with E-state index >= 15 is 0 Å². The Morgan fingerprint density at radius 3 is 2.35 bits per heavy atom. The van der Waals surface area contributed by atoms with Gasteiger partial charge in [-0.1, -0.05) is 54.6 Å². The van der Waals surface area contributed by atoms with Gasteiger partial charge in [0.15, 0.2) is 6.04 Å². The quantitative estimate of drug-likeness (QED) is 0.497. The molecular formula is C25H21N3O3. The molecule has 1 atom stereocenters. The third kappa shape index (κ3) is 4.00. The van der Waals surface area contributed by atoms with Gasteiger partial charge in [0, 0.05) is 17.1 Å². The number of para-hydroxylation sites is 1. The molecule has 154 valence electrons. The Morgan fingerprint density at radius 1 is 0.935 bits per heavy atom. The first kappa shape index (κ1) is 20.2. The van der Waals surface area contributed by atoms with E-state index in [0.29, 0.717) is 22.2 Å². The van der Waals surface area contributed by atoms with Crippen LogP contribution in [0, 0.1) is 6.92 Å². The van der Waals surface area contributed by atoms with Gasteiger partial charge in [-0.25, -0.2) is 9.78 Å². The number of carbonyl (C=O) groups is 2. The van der Waals surface area contributed by atoms with Crippen LogP contribution in [0.4, 0.5) is 0 Å². The van der Waals surface area contributed by atoms with Crippen LogP contribution >= 0.6 is 0 Å². The molecule has 0 bridgehead atoms. The number of carbonyl (C=O) groups excluding carboxylic acids is 2. The van der Waals surface area contributed by atoms with E-state index in [9.17, 15) is 9.59 Å². The van der Waals surface area contributed by atoms with Gasteiger partial charge in [0.2, 0.25) is 0 Å². The highest BCUT2D eigenvalue weighted by Crippen LogP contribution is 2.30. The number of benzene rings is 2. The van der Waals surface area contributed by atoms with Gasteiger partial charge >= 0.3 is 5.97 Å². The van der Waals surface area contributed by atoms with E-state index in [1.54, 1.807) is 24.4 Å². The van der Waals surface area contributed by atoms with Crippen LogP contribution < -0.4 is 5.32 Å². The Kier molecular flexibility index (Phi) is 5.71. The predicted octanol–water partition coefficient (Wildman–Crippen LogP) is 4.25. The number of nitrogens with zero attached hydrogens (tertiary/aromatic N) is 2. The molecule has 4 rings (SSSR count). The minimum atomic E-state index is -1.02. The van der Waals surface area contributed by atoms with Gasteiger partial charge in [0.05, 0.1) is 29.6 Å². The summed E-state index contributed by atoms with van der Waals surface area (Å²) < 4.78 is 4.91. The second-order valence-electron chi connectivity index (χ2n) is 7.03. The number of ether oxygens (including phenoxy) is 1. The SMILES string of the molecule is COC(=O)C(NC(=O)c1c(C)c(-c2ccccc2)nc2ccccc12)c1ccccn1. The first-order chi connectivity index (χ1) is 15.1. The van der Waals surface area contributed by atoms with E-state index in [4.69, 9.17) is 9.72 Å². The lowest BCUT2D eigenvalue weighted by Gasteiger charge is -2.19. The van der Waals surface area contributed by atoms with Crippen molar-refractivity contribution in [2.45, 2.75) is 13.0 Å². The summed E-state index contributed by atoms with van der Waals surface area (Å²) in [6.45, 7) is 1.87. The van der Waals surface area contributed by atoms with Crippen molar-refractivity contribution in [1.82, 2.24) is 15.3 Å². The predicted molar refractivity (Wildman–Crippen MR) is 118 cm³/mol. The third-order valence-electron chi connectivity index (χ3n) is 5.11. The first-order valence-corrected chi connectivity index (χ1v) is 9.84. The highest BCUT2D eigenvalue weighted by atomic mass is 16.5. The van der Waals surface area contributed by atoms with E-state index in [0.717, 1.165) is 16.8 Å². The van der Waals surface area contributed by atoms with Crippen LogP contribution in [0.25, 0.3) is 22.2 Å². The number of pyridine rings is 2. The average molecular weight is 411 g/mol. The number of aromatic nitrogens is 2. The van der Waals surface area contributed by atoms with Crippen LogP contribution in [0.5, 0.6) is 0 Å². The van der Waals surface area contributed by atoms with Gasteiger partial charge in [-0.05, 0) is 30.7 Å². The number of nitrogens with one attached hydrogen (secondary N) is 1. The molecule has 0 aliphatic heterocycles. The molecule has 0 aliphatic carbocycles. The van der Waals surface area contributed by atoms with Crippen molar-refractivity contribution in [2.75, 3.05) is 7.11 Å². The van der Waals surface area contributed by atoms with Crippen molar-refractivity contribution in [3.05, 3.63) is 95.8 Å². The van der Waals surface area contributed by atoms with Gasteiger partial charge in [-0.15, -0.1) is 0 Å². The fraction of sp³-hybridized carbons (Fsp3) is 0.120. The molecule has 1 unspecified atom stereocenters. The summed E-state index contributed by atoms with van der Waals surface area (Å²) in [5.74, 6) is -0.985. The highest BCUT2D eigenvalue weighted by molar-refractivity contribution is 6.09. The van der Waals surface area contributed by atoms with E-state index in [-0.39, 0.29) is 0 Å². The Labute approximate surface area is 179 Å². The standard InChI is InChI=1S/C25H21N3O3/c1-16-21(24(29)28-23(25(30)31-2)20-14-8-9-15-26-20)18-12-6-7-13-19(18)27-22(16)17-10-4-3-5-11-17/h3-15,23H,1-2H3,(H,28,29). The number of hydrogen-bond acceptors (Lipinski definition) is 5. The summed E-state index contributed by atoms with van der Waals surface area (Å²) in [6.07, 6.45) is 1.57. The topological polar surface area (TPSA) is 81.2 Å². The molecule has 0 aliphatic rings. The fourth-order valence-corrected chi connectivity index (χ4v) is 3.60. The van der Waals surface area contributed by atoms with Crippen molar-refractivity contribution >= 4 is 22.8 Å². The summed E-state index contributed by atoms with van der Waals surface area (Å²) in [4.78, 5) is 34.9. The average Bonchev–Trinajstić information content (AvgIpc) is 2.82. The number of amides is 1. The van der Waals surface area contributed by atoms with E-state index in [2.05, 4.69) is 10.3 Å². The van der Waals surface area contributed by atoms with E-state index in [1.165, 1.54) is 7.11 Å². The number of methoxy groups -OCH3 is 1. The largest absolute Gasteiger partial charge is 0.467 e. The zero-order chi connectivity index (χ0) is 21.8. The first-order valence-electron chi connectivity index (χ1n) is 9.84. The van der Waals surface area contributed by atoms with E-state index < -0.39 is 17.9 Å². The summed E-state index contributed by atoms with van der Waals surface area (Å²) in [5, 5.41) is 3.52. The van der Waals surface area contributed by atoms with Crippen LogP contribution in [-0.2, 0) is 9.53 Å². The molecule has 0 spiro atoms. The number of rotatable bonds is 5. The zero-order valence-electron chi connectivity index (χ0n) is 17.2. The summed E-state index contributed by atoms with van der Waals surface area (Å²) in [5.41, 5.74) is 3.93. The lowest BCUT2D eigenvalue weighted by molar-refractivity contribution is -0.143. The molecular weight excluding hydrogens is 390 g/mol. The monoisotopic (exact) mass is 411 g/mol. The lowest BCUT2D eigenvalue weighted by atomic mass is 9.97. The molecule has 2 aromatic carbocycles. The molecule has 4 aromatic rings. The molecule has 31 heavy (non-hydrogen) atoms. The number of esters is 1. The molecule has 1 N–H and O–H groups in total. The smallest absolute Gasteiger partial charge is 0.334 e. The number of hydrogen-bond donors (Lipinski definition) is 1. The Bertz CT molecular complexity index is 1240. The lowest BCUT2D eigenvalue weighted by Crippen LogP contribution is -2.35. The maximum atomic E-state index is 13.5. The number of fused-ring (bicyclic) bond motifs is 1. The van der Waals surface area contributed by atoms with Crippen molar-refractivity contribution in [3.63, 3.8) is 0 Å². The maximum absolute atomic E-state index is 13.5. The van der Waals surface area contributed by atoms with Gasteiger partial charge < -0.3 is 10.1 Å². The molecule has 6 nitrogen and oxygen atoms in total. The van der Waals surface area contributed by atoms with Crippen molar-refractivity contribution in [3.8, 4) is 11.3 Å². The van der Waals surface area contributed by atoms with Gasteiger partial charge in [0.25, 0.3) is 5.91 Å². The summed E-state index contributed by atoms with van der Waals surface area (Å²) >= 11 is 0. The molecule has 0 saturated heterocycles. The van der Waals surface area contributed by atoms with Gasteiger partial charge in [-0.2, -0.15) is 0 Å². The van der Waals surface area contributed by atoms with Crippen LogP contribution in [-0.4, -0.2) is 29.0 Å². The van der Waals surface area contributed by atoms with Crippen molar-refractivity contribution in [2.24, 2.45) is 0 Å². The van der Waals surface area contributed by atoms with Crippen LogP contribution in [0.3, 0.4) is 0 Å². The van der Waals surface area contributed by atoms with Gasteiger partial charge in [0.1, 0.15) is 0 Å². The molecule has 0 fully saturated rings. The molecule has 2 aromatic heterocycles. The Morgan fingerprint density at radius 2 is 1.65 bits per heavy atom. The molecule has 0 saturated carbocycles. The molecule has 0 radical (unpaired) electrons. The molecule has 1 amide bonds. The van der Waals surface area contributed by atoms with Crippen molar-refractivity contribution in [1.29, 1.82) is 0 Å². The Balaban J connectivity index is 1.83. The van der Waals surface area contributed by atoms with Crippen LogP contribution in [0.1, 0.15) is 27.7 Å². The van der Waals surface area contributed by atoms with E-state index in [1.807, 2.05) is 61.5 Å². The van der Waals surface area contributed by atoms with Gasteiger partial charge in [-0.3, -0.25) is 9.78 Å². The normalized spacial score (nSPS) is 11.7. The summed E-state index contributed by atoms with van der Waals surface area (Å²) in [7, 11) is 1.28. The van der Waals surface area contributed by atoms with Crippen molar-refractivity contribution < 1.29 is 14.3 Å². The Hall–Kier alpha value is -4.06. The summed E-state index contributed by atoms with van der Waals surface area (Å²) in [6, 6.07) is 21.3. The second-order valence-corrected chi connectivity index (χ2v) is 7.03. The maximum Gasteiger partial charge on any atom is 0.334 e. The fourth-order valence-electron chi connectivity index (χ4n) is 3.60. The highest BCUT2D eigenvalue weighted by Gasteiger charge is 2.27. The second kappa shape index (κ2) is 8.75. The molecule has 2 heterocycles. The van der Waals surface area contributed by atoms with Crippen LogP contribution in [0.2, 0.25) is 0 Å². The minimum Gasteiger partial charge on any atom is -0.467 e. The zero-order valence-corrected chi connectivity index (χ0v) is 17.2. The minimum absolute atomic E-state index is 0.394. The van der Waals surface area contributed by atoms with Crippen LogP contribution in [0.15, 0.2) is 79.0 Å². The third-order valence-corrected chi connectivity index (χ3v) is 5.11.